The monoisotopic (exact) mass is 489 g/mol. The van der Waals surface area contributed by atoms with Crippen molar-refractivity contribution in [2.24, 2.45) is 0 Å². The van der Waals surface area contributed by atoms with E-state index >= 15 is 0 Å². The number of carbonyl (C=O) groups excluding carboxylic acids is 2. The largest absolute Gasteiger partial charge is 0.394 e. The van der Waals surface area contributed by atoms with Gasteiger partial charge in [-0.2, -0.15) is 0 Å². The molecule has 12 heteroatoms. The van der Waals surface area contributed by atoms with Crippen LogP contribution in [0.5, 0.6) is 0 Å². The number of hydrogen-bond donors (Lipinski definition) is 3. The molecule has 0 bridgehead atoms. The molecule has 2 aliphatic heterocycles. The van der Waals surface area contributed by atoms with Crippen molar-refractivity contribution in [3.63, 3.8) is 0 Å². The third-order valence-corrected chi connectivity index (χ3v) is 7.46. The number of benzene rings is 1. The van der Waals surface area contributed by atoms with E-state index in [2.05, 4.69) is 0 Å². The molecule has 0 aromatic heterocycles. The molecule has 5 atom stereocenters. The van der Waals surface area contributed by atoms with Gasteiger partial charge < -0.3 is 20.1 Å². The van der Waals surface area contributed by atoms with E-state index in [-0.39, 0.29) is 31.2 Å². The highest BCUT2D eigenvalue weighted by molar-refractivity contribution is 7.99. The average Bonchev–Trinajstić information content (AvgIpc) is 2.92. The lowest BCUT2D eigenvalue weighted by atomic mass is 9.97. The molecule has 1 saturated heterocycles. The summed E-state index contributed by atoms with van der Waals surface area (Å²) in [6, 6.07) is -1.25. The third-order valence-electron chi connectivity index (χ3n) is 4.61. The van der Waals surface area contributed by atoms with Crippen LogP contribution in [-0.4, -0.2) is 74.2 Å². The van der Waals surface area contributed by atoms with Gasteiger partial charge in [-0.3, -0.25) is 14.5 Å². The van der Waals surface area contributed by atoms with Crippen LogP contribution in [0, 0.1) is 0 Å². The molecule has 0 aliphatic carbocycles. The number of aliphatic hydroxyl groups is 3. The first-order valence-corrected chi connectivity index (χ1v) is 10.7. The SMILES string of the molecule is CCS[C@@H]1O[C@H](CO)[C@@H](O)[C@H](O)[C@H]1N1C(=O)c2c(Cl)c(Cl)c(Cl)c(Cl)c2C1=O. The Balaban J connectivity index is 2.10. The number of halogens is 4. The van der Waals surface area contributed by atoms with Crippen LogP contribution >= 0.6 is 58.2 Å². The molecule has 2 heterocycles. The van der Waals surface area contributed by atoms with Crippen LogP contribution < -0.4 is 0 Å². The first-order chi connectivity index (χ1) is 13.2. The van der Waals surface area contributed by atoms with Gasteiger partial charge in [0.2, 0.25) is 0 Å². The number of aliphatic hydroxyl groups excluding tert-OH is 3. The van der Waals surface area contributed by atoms with E-state index < -0.39 is 48.2 Å². The van der Waals surface area contributed by atoms with E-state index in [0.717, 1.165) is 4.90 Å². The second-order valence-corrected chi connectivity index (χ2v) is 9.03. The molecular weight excluding hydrogens is 476 g/mol. The molecule has 28 heavy (non-hydrogen) atoms. The molecule has 1 aromatic rings. The minimum Gasteiger partial charge on any atom is -0.394 e. The van der Waals surface area contributed by atoms with E-state index in [9.17, 15) is 24.9 Å². The number of amides is 2. The van der Waals surface area contributed by atoms with Crippen molar-refractivity contribution in [3.8, 4) is 0 Å². The number of carbonyl (C=O) groups is 2. The van der Waals surface area contributed by atoms with Crippen molar-refractivity contribution in [2.75, 3.05) is 12.4 Å². The maximum absolute atomic E-state index is 13.0. The van der Waals surface area contributed by atoms with Crippen molar-refractivity contribution in [3.05, 3.63) is 31.2 Å². The summed E-state index contributed by atoms with van der Waals surface area (Å²) in [5, 5.41) is 29.5. The number of thioether (sulfide) groups is 1. The summed E-state index contributed by atoms with van der Waals surface area (Å²) in [5.74, 6) is -1.16. The number of imide groups is 1. The van der Waals surface area contributed by atoms with Gasteiger partial charge in [0.25, 0.3) is 11.8 Å². The Morgan fingerprint density at radius 3 is 1.89 bits per heavy atom. The zero-order chi connectivity index (χ0) is 20.9. The molecule has 7 nitrogen and oxygen atoms in total. The predicted molar refractivity (Wildman–Crippen MR) is 107 cm³/mol. The Morgan fingerprint density at radius 1 is 0.964 bits per heavy atom. The Hall–Kier alpha value is -0.290. The topological polar surface area (TPSA) is 107 Å². The van der Waals surface area contributed by atoms with E-state index in [4.69, 9.17) is 51.1 Å². The van der Waals surface area contributed by atoms with Gasteiger partial charge in [-0.1, -0.05) is 53.3 Å². The predicted octanol–water partition coefficient (Wildman–Crippen LogP) is 2.46. The summed E-state index contributed by atoms with van der Waals surface area (Å²) in [7, 11) is 0. The van der Waals surface area contributed by atoms with Gasteiger partial charge in [0.05, 0.1) is 37.8 Å². The van der Waals surface area contributed by atoms with Crippen LogP contribution in [0.15, 0.2) is 0 Å². The Bertz CT molecular complexity index is 793. The molecular formula is C16H15Cl4NO6S. The minimum absolute atomic E-state index is 0.171. The summed E-state index contributed by atoms with van der Waals surface area (Å²) in [6.07, 6.45) is -4.16. The van der Waals surface area contributed by atoms with Gasteiger partial charge in [-0.05, 0) is 5.75 Å². The molecule has 0 unspecified atom stereocenters. The summed E-state index contributed by atoms with van der Waals surface area (Å²) in [4.78, 5) is 26.9. The lowest BCUT2D eigenvalue weighted by Crippen LogP contribution is -2.64. The fraction of sp³-hybridized carbons (Fsp3) is 0.500. The van der Waals surface area contributed by atoms with Gasteiger partial charge in [-0.15, -0.1) is 11.8 Å². The summed E-state index contributed by atoms with van der Waals surface area (Å²) in [5.41, 5.74) is -1.35. The van der Waals surface area contributed by atoms with Crippen LogP contribution in [0.4, 0.5) is 0 Å². The number of hydrogen-bond acceptors (Lipinski definition) is 7. The van der Waals surface area contributed by atoms with Crippen LogP contribution in [-0.2, 0) is 4.74 Å². The fourth-order valence-electron chi connectivity index (χ4n) is 3.28. The van der Waals surface area contributed by atoms with Crippen LogP contribution in [0.25, 0.3) is 0 Å². The number of ether oxygens (including phenoxy) is 1. The molecule has 2 amide bonds. The highest BCUT2D eigenvalue weighted by Gasteiger charge is 2.54. The Kier molecular flexibility index (Phi) is 6.76. The van der Waals surface area contributed by atoms with Gasteiger partial charge >= 0.3 is 0 Å². The molecule has 3 N–H and O–H groups in total. The fourth-order valence-corrected chi connectivity index (χ4v) is 5.33. The number of fused-ring (bicyclic) bond motifs is 1. The zero-order valence-corrected chi connectivity index (χ0v) is 18.1. The van der Waals surface area contributed by atoms with Crippen LogP contribution in [0.3, 0.4) is 0 Å². The Morgan fingerprint density at radius 2 is 1.46 bits per heavy atom. The first-order valence-electron chi connectivity index (χ1n) is 8.15. The molecule has 0 radical (unpaired) electrons. The second kappa shape index (κ2) is 8.45. The molecule has 0 saturated carbocycles. The van der Waals surface area contributed by atoms with E-state index in [1.54, 1.807) is 0 Å². The molecule has 154 valence electrons. The van der Waals surface area contributed by atoms with Crippen molar-refractivity contribution in [1.82, 2.24) is 4.90 Å². The van der Waals surface area contributed by atoms with E-state index in [1.807, 2.05) is 6.92 Å². The molecule has 1 fully saturated rings. The maximum atomic E-state index is 13.0. The first kappa shape index (κ1) is 22.4. The van der Waals surface area contributed by atoms with Crippen LogP contribution in [0.1, 0.15) is 27.6 Å². The lowest BCUT2D eigenvalue weighted by molar-refractivity contribution is -0.181. The van der Waals surface area contributed by atoms with E-state index in [1.165, 1.54) is 11.8 Å². The standard InChI is InChI=1S/C16H15Cl4NO6S/c1-2-28-16-11(13(24)12(23)4(3-22)27-16)21-14(25)5-6(15(21)26)8(18)10(20)9(19)7(5)17/h4,11-13,16,22-24H,2-3H2,1H3/t4-,11-,12-,13-,16+/m1/s1. The normalized spacial score (nSPS) is 30.1. The van der Waals surface area contributed by atoms with Crippen molar-refractivity contribution in [2.45, 2.75) is 36.7 Å². The summed E-state index contributed by atoms with van der Waals surface area (Å²) in [6.45, 7) is 1.27. The smallest absolute Gasteiger partial charge is 0.263 e. The van der Waals surface area contributed by atoms with Gasteiger partial charge in [0.15, 0.2) is 0 Å². The van der Waals surface area contributed by atoms with Gasteiger partial charge in [0.1, 0.15) is 29.8 Å². The quantitative estimate of drug-likeness (QED) is 0.338. The van der Waals surface area contributed by atoms with Crippen molar-refractivity contribution < 1.29 is 29.6 Å². The van der Waals surface area contributed by atoms with Crippen LogP contribution in [0.2, 0.25) is 20.1 Å². The molecule has 0 spiro atoms. The zero-order valence-electron chi connectivity index (χ0n) is 14.2. The average molecular weight is 491 g/mol. The second-order valence-electron chi connectivity index (χ2n) is 6.14. The molecule has 2 aliphatic rings. The summed E-state index contributed by atoms with van der Waals surface area (Å²) >= 11 is 25.5. The molecule has 1 aromatic carbocycles. The number of nitrogens with zero attached hydrogens (tertiary/aromatic N) is 1. The number of rotatable bonds is 4. The third kappa shape index (κ3) is 3.33. The summed E-state index contributed by atoms with van der Waals surface area (Å²) < 4.78 is 5.63. The highest BCUT2D eigenvalue weighted by atomic mass is 35.5. The minimum atomic E-state index is -1.57. The van der Waals surface area contributed by atoms with E-state index in [0.29, 0.717) is 5.75 Å². The van der Waals surface area contributed by atoms with Crippen molar-refractivity contribution >= 4 is 70.0 Å². The lowest BCUT2D eigenvalue weighted by Gasteiger charge is -2.44. The van der Waals surface area contributed by atoms with Crippen molar-refractivity contribution in [1.29, 1.82) is 0 Å². The Labute approximate surface area is 184 Å². The van der Waals surface area contributed by atoms with Gasteiger partial charge in [0, 0.05) is 0 Å². The van der Waals surface area contributed by atoms with Gasteiger partial charge in [-0.25, -0.2) is 0 Å². The maximum Gasteiger partial charge on any atom is 0.263 e. The highest BCUT2D eigenvalue weighted by Crippen LogP contribution is 2.46. The molecule has 3 rings (SSSR count).